The number of carbonyl (C=O) groups excluding carboxylic acids is 1. The van der Waals surface area contributed by atoms with E-state index in [1.807, 2.05) is 31.2 Å². The molecule has 2 aromatic carbocycles. The second kappa shape index (κ2) is 5.14. The maximum Gasteiger partial charge on any atom is 0.121 e. The van der Waals surface area contributed by atoms with Crippen LogP contribution in [0, 0.1) is 0 Å². The second-order valence-electron chi connectivity index (χ2n) is 4.80. The van der Waals surface area contributed by atoms with Gasteiger partial charge in [-0.05, 0) is 35.4 Å². The number of hydrogen-bond donors (Lipinski definition) is 2. The van der Waals surface area contributed by atoms with E-state index in [0.29, 0.717) is 6.42 Å². The zero-order valence-corrected chi connectivity index (χ0v) is 10.7. The van der Waals surface area contributed by atoms with Gasteiger partial charge in [0.25, 0.3) is 0 Å². The first-order valence-corrected chi connectivity index (χ1v) is 6.09. The van der Waals surface area contributed by atoms with Crippen molar-refractivity contribution in [3.63, 3.8) is 0 Å². The van der Waals surface area contributed by atoms with Gasteiger partial charge in [0.1, 0.15) is 17.8 Å². The molecular weight excluding hydrogens is 240 g/mol. The van der Waals surface area contributed by atoms with Crippen LogP contribution < -0.4 is 0 Å². The normalized spacial score (nSPS) is 11.2. The van der Waals surface area contributed by atoms with Crippen LogP contribution in [0.5, 0.6) is 11.5 Å². The molecule has 19 heavy (non-hydrogen) atoms. The molecule has 0 spiro atoms. The van der Waals surface area contributed by atoms with E-state index in [1.165, 1.54) is 0 Å². The number of phenolic OH excluding ortho intramolecular Hbond substituents is 2. The van der Waals surface area contributed by atoms with Crippen LogP contribution in [-0.2, 0) is 10.2 Å². The highest BCUT2D eigenvalue weighted by Crippen LogP contribution is 2.35. The Morgan fingerprint density at radius 2 is 1.26 bits per heavy atom. The van der Waals surface area contributed by atoms with Gasteiger partial charge in [-0.1, -0.05) is 31.2 Å². The molecule has 0 fully saturated rings. The highest BCUT2D eigenvalue weighted by Gasteiger charge is 2.28. The maximum absolute atomic E-state index is 11.0. The number of phenols is 2. The molecule has 0 radical (unpaired) electrons. The molecule has 0 aromatic heterocycles. The minimum atomic E-state index is -0.469. The van der Waals surface area contributed by atoms with Gasteiger partial charge in [-0.3, -0.25) is 0 Å². The third-order valence-corrected chi connectivity index (χ3v) is 3.50. The summed E-state index contributed by atoms with van der Waals surface area (Å²) in [6, 6.07) is 13.7. The molecule has 0 amide bonds. The van der Waals surface area contributed by atoms with Crippen LogP contribution in [0.3, 0.4) is 0 Å². The monoisotopic (exact) mass is 256 g/mol. The molecule has 3 heteroatoms. The van der Waals surface area contributed by atoms with Crippen molar-refractivity contribution in [3.8, 4) is 11.5 Å². The molecule has 2 rings (SSSR count). The van der Waals surface area contributed by atoms with Gasteiger partial charge in [0.15, 0.2) is 0 Å². The first-order chi connectivity index (χ1) is 9.06. The molecule has 0 atom stereocenters. The molecule has 0 saturated heterocycles. The summed E-state index contributed by atoms with van der Waals surface area (Å²) in [4.78, 5) is 11.0. The first kappa shape index (κ1) is 13.1. The van der Waals surface area contributed by atoms with Crippen molar-refractivity contribution in [2.75, 3.05) is 0 Å². The van der Waals surface area contributed by atoms with Crippen molar-refractivity contribution >= 4 is 6.29 Å². The van der Waals surface area contributed by atoms with Crippen molar-refractivity contribution in [1.82, 2.24) is 0 Å². The summed E-state index contributed by atoms with van der Waals surface area (Å²) in [7, 11) is 0. The summed E-state index contributed by atoms with van der Waals surface area (Å²) in [6.45, 7) is 1.97. The van der Waals surface area contributed by atoms with Gasteiger partial charge in [0.2, 0.25) is 0 Å². The number of hydrogen-bond acceptors (Lipinski definition) is 3. The fourth-order valence-corrected chi connectivity index (χ4v) is 2.23. The molecule has 2 aromatic rings. The lowest BCUT2D eigenvalue weighted by Gasteiger charge is -2.29. The van der Waals surface area contributed by atoms with Crippen molar-refractivity contribution < 1.29 is 15.0 Å². The Morgan fingerprint density at radius 3 is 1.58 bits per heavy atom. The average Bonchev–Trinajstić information content (AvgIpc) is 2.40. The van der Waals surface area contributed by atoms with E-state index in [2.05, 4.69) is 0 Å². The molecule has 0 heterocycles. The number of carbonyl (C=O) groups is 1. The van der Waals surface area contributed by atoms with Crippen molar-refractivity contribution in [1.29, 1.82) is 0 Å². The molecule has 0 aliphatic rings. The predicted octanol–water partition coefficient (Wildman–Crippen LogP) is 2.99. The fourth-order valence-electron chi connectivity index (χ4n) is 2.23. The Labute approximate surface area is 112 Å². The van der Waals surface area contributed by atoms with Crippen molar-refractivity contribution in [2.45, 2.75) is 18.8 Å². The van der Waals surface area contributed by atoms with E-state index >= 15 is 0 Å². The summed E-state index contributed by atoms with van der Waals surface area (Å²) in [6.07, 6.45) is 1.22. The lowest BCUT2D eigenvalue weighted by Crippen LogP contribution is -2.24. The molecule has 0 aliphatic carbocycles. The largest absolute Gasteiger partial charge is 0.508 e. The third kappa shape index (κ3) is 2.60. The van der Waals surface area contributed by atoms with Gasteiger partial charge in [-0.15, -0.1) is 0 Å². The van der Waals surface area contributed by atoms with Crippen LogP contribution in [0.15, 0.2) is 48.5 Å². The number of rotatable bonds is 4. The SMILES string of the molecule is CC(CC=O)(c1ccc(O)cc1)c1ccc(O)cc1. The quantitative estimate of drug-likeness (QED) is 0.827. The zero-order chi connectivity index (χ0) is 13.9. The molecule has 2 N–H and O–H groups in total. The van der Waals surface area contributed by atoms with Gasteiger partial charge in [-0.25, -0.2) is 0 Å². The zero-order valence-electron chi connectivity index (χ0n) is 10.7. The third-order valence-electron chi connectivity index (χ3n) is 3.50. The molecule has 0 unspecified atom stereocenters. The van der Waals surface area contributed by atoms with Gasteiger partial charge >= 0.3 is 0 Å². The highest BCUT2D eigenvalue weighted by atomic mass is 16.3. The van der Waals surface area contributed by atoms with E-state index in [9.17, 15) is 15.0 Å². The van der Waals surface area contributed by atoms with E-state index in [4.69, 9.17) is 0 Å². The van der Waals surface area contributed by atoms with Crippen LogP contribution in [0.4, 0.5) is 0 Å². The van der Waals surface area contributed by atoms with Gasteiger partial charge in [0.05, 0.1) is 0 Å². The number of aldehydes is 1. The first-order valence-electron chi connectivity index (χ1n) is 6.09. The van der Waals surface area contributed by atoms with Crippen LogP contribution in [0.1, 0.15) is 24.5 Å². The van der Waals surface area contributed by atoms with E-state index in [-0.39, 0.29) is 11.5 Å². The standard InChI is InChI=1S/C16H16O3/c1-16(10-11-17,12-2-6-14(18)7-3-12)13-4-8-15(19)9-5-13/h2-9,11,18-19H,10H2,1H3. The van der Waals surface area contributed by atoms with Crippen LogP contribution in [0.25, 0.3) is 0 Å². The Balaban J connectivity index is 2.50. The molecule has 0 aliphatic heterocycles. The Bertz CT molecular complexity index is 510. The maximum atomic E-state index is 11.0. The summed E-state index contributed by atoms with van der Waals surface area (Å²) in [5.41, 5.74) is 1.43. The molecule has 3 nitrogen and oxygen atoms in total. The Hall–Kier alpha value is -2.29. The lowest BCUT2D eigenvalue weighted by atomic mass is 9.74. The average molecular weight is 256 g/mol. The molecule has 0 bridgehead atoms. The van der Waals surface area contributed by atoms with Crippen molar-refractivity contribution in [3.05, 3.63) is 59.7 Å². The number of aromatic hydroxyl groups is 2. The molecule has 98 valence electrons. The van der Waals surface area contributed by atoms with Gasteiger partial charge in [-0.2, -0.15) is 0 Å². The smallest absolute Gasteiger partial charge is 0.121 e. The molecular formula is C16H16O3. The van der Waals surface area contributed by atoms with Gasteiger partial charge in [0, 0.05) is 11.8 Å². The lowest BCUT2D eigenvalue weighted by molar-refractivity contribution is -0.108. The Morgan fingerprint density at radius 1 is 0.895 bits per heavy atom. The topological polar surface area (TPSA) is 57.5 Å². The van der Waals surface area contributed by atoms with E-state index < -0.39 is 5.41 Å². The number of benzene rings is 2. The van der Waals surface area contributed by atoms with Crippen LogP contribution >= 0.6 is 0 Å². The summed E-state index contributed by atoms with van der Waals surface area (Å²) in [5.74, 6) is 0.394. The van der Waals surface area contributed by atoms with E-state index in [1.54, 1.807) is 24.3 Å². The fraction of sp³-hybridized carbons (Fsp3) is 0.188. The second-order valence-corrected chi connectivity index (χ2v) is 4.80. The Kier molecular flexibility index (Phi) is 3.56. The van der Waals surface area contributed by atoms with Crippen LogP contribution in [-0.4, -0.2) is 16.5 Å². The predicted molar refractivity (Wildman–Crippen MR) is 73.3 cm³/mol. The molecule has 0 saturated carbocycles. The van der Waals surface area contributed by atoms with Crippen molar-refractivity contribution in [2.24, 2.45) is 0 Å². The summed E-state index contributed by atoms with van der Waals surface area (Å²) < 4.78 is 0. The summed E-state index contributed by atoms with van der Waals surface area (Å²) >= 11 is 0. The highest BCUT2D eigenvalue weighted by molar-refractivity contribution is 5.57. The minimum Gasteiger partial charge on any atom is -0.508 e. The van der Waals surface area contributed by atoms with Gasteiger partial charge < -0.3 is 15.0 Å². The van der Waals surface area contributed by atoms with E-state index in [0.717, 1.165) is 17.4 Å². The van der Waals surface area contributed by atoms with Crippen LogP contribution in [0.2, 0.25) is 0 Å². The minimum absolute atomic E-state index is 0.197. The summed E-state index contributed by atoms with van der Waals surface area (Å²) in [5, 5.41) is 18.7.